The van der Waals surface area contributed by atoms with Crippen LogP contribution in [0.15, 0.2) is 48.5 Å². The lowest BCUT2D eigenvalue weighted by atomic mass is 9.78. The van der Waals surface area contributed by atoms with Gasteiger partial charge in [0, 0.05) is 49.0 Å². The van der Waals surface area contributed by atoms with Crippen LogP contribution >= 0.6 is 0 Å². The molecule has 1 spiro atoms. The normalized spacial score (nSPS) is 25.4. The molecular formula is C30H34N4O7. The Morgan fingerprint density at radius 1 is 1.00 bits per heavy atom. The third-order valence-electron chi connectivity index (χ3n) is 8.67. The molecule has 3 fully saturated rings. The summed E-state index contributed by atoms with van der Waals surface area (Å²) < 4.78 is 4.75. The number of anilines is 1. The molecule has 0 aliphatic carbocycles. The minimum absolute atomic E-state index is 0.0568. The number of carbonyl (C=O) groups excluding carboxylic acids is 4. The van der Waals surface area contributed by atoms with Crippen LogP contribution in [-0.2, 0) is 24.7 Å². The van der Waals surface area contributed by atoms with Crippen LogP contribution in [0.3, 0.4) is 0 Å². The molecule has 11 nitrogen and oxygen atoms in total. The largest absolute Gasteiger partial charge is 0.483 e. The van der Waals surface area contributed by atoms with Gasteiger partial charge in [0.25, 0.3) is 18.3 Å². The fraction of sp³-hybridized carbons (Fsp3) is 0.433. The molecule has 3 amide bonds. The van der Waals surface area contributed by atoms with Crippen LogP contribution in [0.1, 0.15) is 52.0 Å². The molecule has 216 valence electrons. The van der Waals surface area contributed by atoms with Crippen LogP contribution in [0.4, 0.5) is 5.69 Å². The maximum atomic E-state index is 14.4. The number of methoxy groups -OCH3 is 1. The van der Waals surface area contributed by atoms with Crippen LogP contribution in [0.25, 0.3) is 0 Å². The van der Waals surface area contributed by atoms with Crippen molar-refractivity contribution in [2.45, 2.75) is 37.3 Å². The smallest absolute Gasteiger partial charge is 0.337 e. The number of hydrogen-bond acceptors (Lipinski definition) is 7. The van der Waals surface area contributed by atoms with Crippen molar-refractivity contribution in [3.05, 3.63) is 65.2 Å². The number of hydrogen-bond donors (Lipinski definition) is 2. The van der Waals surface area contributed by atoms with Crippen LogP contribution in [0, 0.1) is 5.92 Å². The van der Waals surface area contributed by atoms with Gasteiger partial charge in [-0.25, -0.2) is 4.79 Å². The van der Waals surface area contributed by atoms with Gasteiger partial charge in [-0.15, -0.1) is 0 Å². The summed E-state index contributed by atoms with van der Waals surface area (Å²) in [4.78, 5) is 67.5. The zero-order valence-electron chi connectivity index (χ0n) is 23.0. The average Bonchev–Trinajstić information content (AvgIpc) is 3.65. The number of ether oxygens (including phenoxy) is 1. The molecule has 0 aromatic heterocycles. The summed E-state index contributed by atoms with van der Waals surface area (Å²) in [6.07, 6.45) is 3.31. The van der Waals surface area contributed by atoms with E-state index in [0.29, 0.717) is 50.1 Å². The lowest BCUT2D eigenvalue weighted by Gasteiger charge is -2.38. The SMILES string of the molecule is COC(=O)c1ccc(C(=O)N2CCCNC(=O)[C@H]3C[C@@H]4CCCN4[C@@]34C(=O)N(CC2)c2ccccc24)cc1.O=CO. The van der Waals surface area contributed by atoms with Gasteiger partial charge in [-0.1, -0.05) is 18.2 Å². The molecule has 2 bridgehead atoms. The third-order valence-corrected chi connectivity index (χ3v) is 8.67. The number of amides is 3. The van der Waals surface area contributed by atoms with Gasteiger partial charge in [0.15, 0.2) is 0 Å². The lowest BCUT2D eigenvalue weighted by molar-refractivity contribution is -0.139. The first-order valence-electron chi connectivity index (χ1n) is 13.9. The summed E-state index contributed by atoms with van der Waals surface area (Å²) >= 11 is 0. The molecule has 4 heterocycles. The summed E-state index contributed by atoms with van der Waals surface area (Å²) in [6, 6.07) is 14.4. The summed E-state index contributed by atoms with van der Waals surface area (Å²) in [5, 5.41) is 9.98. The molecule has 2 aromatic rings. The van der Waals surface area contributed by atoms with E-state index in [9.17, 15) is 19.2 Å². The van der Waals surface area contributed by atoms with E-state index in [0.717, 1.165) is 30.6 Å². The molecular weight excluding hydrogens is 528 g/mol. The number of nitrogens with zero attached hydrogens (tertiary/aromatic N) is 3. The Bertz CT molecular complexity index is 1350. The summed E-state index contributed by atoms with van der Waals surface area (Å²) in [5.74, 6) is -1.22. The van der Waals surface area contributed by atoms with Crippen LogP contribution in [0.5, 0.6) is 0 Å². The number of rotatable bonds is 2. The standard InChI is InChI=1S/C29H32N4O5.CH2O2/c1-38-27(36)20-11-9-19(10-12-20)26(35)31-14-5-13-30-25(34)23-18-21-6-4-15-33(21)29(23)22-7-2-3-8-24(22)32(17-16-31)28(29)37;2-1-3/h2-3,7-12,21,23H,4-6,13-18H2,1H3,(H,30,34);1H,(H,2,3)/t21-,23+,29+;/m0./s1. The first kappa shape index (κ1) is 28.3. The number of fused-ring (bicyclic) bond motifs is 4. The second kappa shape index (κ2) is 11.7. The number of carbonyl (C=O) groups is 5. The van der Waals surface area contributed by atoms with Gasteiger partial charge in [-0.3, -0.25) is 24.1 Å². The molecule has 2 aromatic carbocycles. The molecule has 11 heteroatoms. The predicted molar refractivity (Wildman–Crippen MR) is 148 cm³/mol. The zero-order chi connectivity index (χ0) is 29.1. The Balaban J connectivity index is 0.00000108. The van der Waals surface area contributed by atoms with E-state index in [-0.39, 0.29) is 30.2 Å². The molecule has 4 aliphatic rings. The van der Waals surface area contributed by atoms with Crippen molar-refractivity contribution in [1.82, 2.24) is 15.1 Å². The van der Waals surface area contributed by atoms with E-state index < -0.39 is 17.4 Å². The molecule has 0 saturated carbocycles. The van der Waals surface area contributed by atoms with Gasteiger partial charge in [0.2, 0.25) is 5.91 Å². The Kier molecular flexibility index (Phi) is 8.07. The lowest BCUT2D eigenvalue weighted by Crippen LogP contribution is -2.57. The summed E-state index contributed by atoms with van der Waals surface area (Å²) in [6.45, 7) is 2.12. The molecule has 41 heavy (non-hydrogen) atoms. The number of benzene rings is 2. The van der Waals surface area contributed by atoms with Crippen LogP contribution in [0.2, 0.25) is 0 Å². The number of nitrogens with one attached hydrogen (secondary N) is 1. The van der Waals surface area contributed by atoms with Crippen molar-refractivity contribution in [2.24, 2.45) is 5.92 Å². The molecule has 3 saturated heterocycles. The fourth-order valence-corrected chi connectivity index (χ4v) is 6.97. The molecule has 0 radical (unpaired) electrons. The zero-order valence-corrected chi connectivity index (χ0v) is 23.0. The molecule has 4 aliphatic heterocycles. The highest BCUT2D eigenvalue weighted by Gasteiger charge is 2.67. The predicted octanol–water partition coefficient (Wildman–Crippen LogP) is 1.86. The molecule has 3 atom stereocenters. The van der Waals surface area contributed by atoms with E-state index >= 15 is 0 Å². The van der Waals surface area contributed by atoms with Crippen molar-refractivity contribution in [3.63, 3.8) is 0 Å². The van der Waals surface area contributed by atoms with Gasteiger partial charge in [0.1, 0.15) is 5.54 Å². The molecule has 0 unspecified atom stereocenters. The second-order valence-electron chi connectivity index (χ2n) is 10.6. The monoisotopic (exact) mass is 562 g/mol. The Morgan fingerprint density at radius 2 is 1.71 bits per heavy atom. The van der Waals surface area contributed by atoms with Gasteiger partial charge in [-0.2, -0.15) is 0 Å². The van der Waals surface area contributed by atoms with Gasteiger partial charge >= 0.3 is 5.97 Å². The van der Waals surface area contributed by atoms with Crippen LogP contribution < -0.4 is 10.2 Å². The highest BCUT2D eigenvalue weighted by Crippen LogP contribution is 2.57. The fourth-order valence-electron chi connectivity index (χ4n) is 6.97. The Labute approximate surface area is 238 Å². The number of carboxylic acid groups (broad SMARTS) is 1. The minimum atomic E-state index is -0.987. The summed E-state index contributed by atoms with van der Waals surface area (Å²) in [7, 11) is 1.32. The maximum absolute atomic E-state index is 14.4. The Morgan fingerprint density at radius 3 is 2.44 bits per heavy atom. The molecule has 6 rings (SSSR count). The van der Waals surface area contributed by atoms with Crippen molar-refractivity contribution in [1.29, 1.82) is 0 Å². The summed E-state index contributed by atoms with van der Waals surface area (Å²) in [5.41, 5.74) is 1.58. The highest BCUT2D eigenvalue weighted by atomic mass is 16.5. The second-order valence-corrected chi connectivity index (χ2v) is 10.6. The van der Waals surface area contributed by atoms with E-state index in [4.69, 9.17) is 14.6 Å². The topological polar surface area (TPSA) is 137 Å². The van der Waals surface area contributed by atoms with E-state index in [2.05, 4.69) is 10.2 Å². The van der Waals surface area contributed by atoms with E-state index in [1.807, 2.05) is 24.3 Å². The number of esters is 1. The van der Waals surface area contributed by atoms with Gasteiger partial charge in [0.05, 0.1) is 18.6 Å². The quantitative estimate of drug-likeness (QED) is 0.418. The van der Waals surface area contributed by atoms with E-state index in [1.54, 1.807) is 34.1 Å². The van der Waals surface area contributed by atoms with E-state index in [1.165, 1.54) is 7.11 Å². The first-order valence-corrected chi connectivity index (χ1v) is 13.9. The Hall–Kier alpha value is -4.25. The van der Waals surface area contributed by atoms with Crippen molar-refractivity contribution in [3.8, 4) is 0 Å². The number of para-hydroxylation sites is 1. The van der Waals surface area contributed by atoms with Gasteiger partial charge in [-0.05, 0) is 62.6 Å². The highest BCUT2D eigenvalue weighted by molar-refractivity contribution is 6.11. The third kappa shape index (κ3) is 4.73. The van der Waals surface area contributed by atoms with Crippen molar-refractivity contribution < 1.29 is 33.8 Å². The van der Waals surface area contributed by atoms with Crippen LogP contribution in [-0.4, -0.2) is 90.9 Å². The maximum Gasteiger partial charge on any atom is 0.337 e. The molecule has 2 N–H and O–H groups in total. The van der Waals surface area contributed by atoms with Crippen molar-refractivity contribution in [2.75, 3.05) is 44.7 Å². The minimum Gasteiger partial charge on any atom is -0.483 e. The first-order chi connectivity index (χ1) is 19.9. The van der Waals surface area contributed by atoms with Gasteiger partial charge < -0.3 is 25.0 Å². The average molecular weight is 563 g/mol. The van der Waals surface area contributed by atoms with Crippen molar-refractivity contribution >= 4 is 35.9 Å².